The van der Waals surface area contributed by atoms with E-state index in [1.165, 1.54) is 29.7 Å². The molecule has 1 fully saturated rings. The Morgan fingerprint density at radius 2 is 1.78 bits per heavy atom. The number of hydrogen-bond donors (Lipinski definition) is 1. The molecule has 2 aromatic rings. The molecule has 2 heterocycles. The van der Waals surface area contributed by atoms with Gasteiger partial charge in [-0.15, -0.1) is 0 Å². The van der Waals surface area contributed by atoms with Crippen molar-refractivity contribution in [3.8, 4) is 11.3 Å². The van der Waals surface area contributed by atoms with Crippen molar-refractivity contribution in [1.29, 1.82) is 0 Å². The number of hydrogen-bond acceptors (Lipinski definition) is 8. The summed E-state index contributed by atoms with van der Waals surface area (Å²) in [6.45, 7) is 2.34. The second-order valence-electron chi connectivity index (χ2n) is 6.21. The van der Waals surface area contributed by atoms with Gasteiger partial charge < -0.3 is 15.4 Å². The highest BCUT2D eigenvalue weighted by Crippen LogP contribution is 2.23. The molecule has 3 rings (SSSR count). The van der Waals surface area contributed by atoms with Crippen LogP contribution in [-0.4, -0.2) is 73.9 Å². The molecule has 2 N–H and O–H groups in total. The molecule has 1 saturated heterocycles. The van der Waals surface area contributed by atoms with Gasteiger partial charge in [-0.1, -0.05) is 12.1 Å². The van der Waals surface area contributed by atoms with Crippen molar-refractivity contribution in [1.82, 2.24) is 19.2 Å². The van der Waals surface area contributed by atoms with Crippen LogP contribution < -0.4 is 5.73 Å². The Balaban J connectivity index is 1.86. The number of anilines is 1. The van der Waals surface area contributed by atoms with Crippen LogP contribution in [0.3, 0.4) is 0 Å². The van der Waals surface area contributed by atoms with Crippen molar-refractivity contribution in [2.45, 2.75) is 4.90 Å². The van der Waals surface area contributed by atoms with Gasteiger partial charge in [-0.2, -0.15) is 4.31 Å². The Morgan fingerprint density at radius 1 is 1.15 bits per heavy atom. The Kier molecular flexibility index (Phi) is 5.40. The monoisotopic (exact) mass is 391 g/mol. The molecule has 0 saturated carbocycles. The number of aromatic nitrogens is 2. The highest BCUT2D eigenvalue weighted by molar-refractivity contribution is 7.89. The molecule has 0 unspecified atom stereocenters. The maximum absolute atomic E-state index is 12.8. The summed E-state index contributed by atoms with van der Waals surface area (Å²) in [5.74, 6) is -0.712. The standard InChI is InChI=1S/C17H21N5O4S/c1-21-7-9-22(10-8-21)27(24,25)13-5-3-12(4-6-13)14-11-19-16(18)15(20-14)17(23)26-2/h3-6,11H,7-10H2,1-2H3,(H2,18,19). The Bertz CT molecular complexity index is 938. The van der Waals surface area contributed by atoms with E-state index in [1.54, 1.807) is 12.1 Å². The lowest BCUT2D eigenvalue weighted by Crippen LogP contribution is -2.46. The second kappa shape index (κ2) is 7.59. The van der Waals surface area contributed by atoms with Gasteiger partial charge in [0, 0.05) is 31.7 Å². The van der Waals surface area contributed by atoms with E-state index in [9.17, 15) is 13.2 Å². The van der Waals surface area contributed by atoms with Crippen molar-refractivity contribution in [3.05, 3.63) is 36.2 Å². The van der Waals surface area contributed by atoms with Crippen LogP contribution in [0.25, 0.3) is 11.3 Å². The lowest BCUT2D eigenvalue weighted by Gasteiger charge is -2.31. The van der Waals surface area contributed by atoms with E-state index in [0.29, 0.717) is 37.4 Å². The summed E-state index contributed by atoms with van der Waals surface area (Å²) in [4.78, 5) is 22.2. The average Bonchev–Trinajstić information content (AvgIpc) is 2.68. The Hall–Kier alpha value is -2.56. The molecule has 1 aliphatic rings. The molecular formula is C17H21N5O4S. The molecule has 9 nitrogen and oxygen atoms in total. The number of likely N-dealkylation sites (N-methyl/N-ethyl adjacent to an activating group) is 1. The maximum atomic E-state index is 12.8. The zero-order valence-electron chi connectivity index (χ0n) is 15.1. The number of ether oxygens (including phenoxy) is 1. The summed E-state index contributed by atoms with van der Waals surface area (Å²) in [6.07, 6.45) is 1.42. The van der Waals surface area contributed by atoms with Crippen LogP contribution in [0.15, 0.2) is 35.4 Å². The number of carbonyl (C=O) groups is 1. The number of sulfonamides is 1. The molecule has 10 heteroatoms. The minimum absolute atomic E-state index is 0.0279. The van der Waals surface area contributed by atoms with Gasteiger partial charge in [-0.3, -0.25) is 0 Å². The van der Waals surface area contributed by atoms with Gasteiger partial charge in [0.15, 0.2) is 11.5 Å². The van der Waals surface area contributed by atoms with Crippen LogP contribution in [-0.2, 0) is 14.8 Å². The third kappa shape index (κ3) is 3.92. The van der Waals surface area contributed by atoms with Crippen molar-refractivity contribution in [2.75, 3.05) is 46.1 Å². The van der Waals surface area contributed by atoms with Crippen molar-refractivity contribution in [2.24, 2.45) is 0 Å². The molecule has 144 valence electrons. The SMILES string of the molecule is COC(=O)c1nc(-c2ccc(S(=O)(=O)N3CCN(C)CC3)cc2)cnc1N. The number of nitrogen functional groups attached to an aromatic ring is 1. The van der Waals surface area contributed by atoms with Gasteiger partial charge >= 0.3 is 5.97 Å². The zero-order valence-corrected chi connectivity index (χ0v) is 15.9. The summed E-state index contributed by atoms with van der Waals surface area (Å²) in [5, 5.41) is 0. The summed E-state index contributed by atoms with van der Waals surface area (Å²) in [6, 6.07) is 6.31. The van der Waals surface area contributed by atoms with Crippen LogP contribution >= 0.6 is 0 Å². The molecule has 0 amide bonds. The third-order valence-corrected chi connectivity index (χ3v) is 6.34. The molecule has 0 radical (unpaired) electrons. The molecule has 0 bridgehead atoms. The van der Waals surface area contributed by atoms with Gasteiger partial charge in [0.05, 0.1) is 23.9 Å². The first-order valence-electron chi connectivity index (χ1n) is 8.33. The largest absolute Gasteiger partial charge is 0.464 e. The first-order valence-corrected chi connectivity index (χ1v) is 9.77. The number of rotatable bonds is 4. The number of carbonyl (C=O) groups excluding carboxylic acids is 1. The predicted octanol–water partition coefficient (Wildman–Crippen LogP) is 0.449. The minimum Gasteiger partial charge on any atom is -0.464 e. The van der Waals surface area contributed by atoms with E-state index < -0.39 is 16.0 Å². The summed E-state index contributed by atoms with van der Waals surface area (Å²) < 4.78 is 31.7. The smallest absolute Gasteiger partial charge is 0.360 e. The van der Waals surface area contributed by atoms with Crippen molar-refractivity contribution in [3.63, 3.8) is 0 Å². The number of nitrogens with zero attached hydrogens (tertiary/aromatic N) is 4. The molecule has 1 aromatic carbocycles. The van der Waals surface area contributed by atoms with E-state index in [-0.39, 0.29) is 16.4 Å². The minimum atomic E-state index is -3.54. The van der Waals surface area contributed by atoms with E-state index in [0.717, 1.165) is 0 Å². The topological polar surface area (TPSA) is 119 Å². The van der Waals surface area contributed by atoms with E-state index in [4.69, 9.17) is 5.73 Å². The maximum Gasteiger partial charge on any atom is 0.360 e. The van der Waals surface area contributed by atoms with Crippen molar-refractivity contribution >= 4 is 21.8 Å². The first-order chi connectivity index (χ1) is 12.8. The number of benzene rings is 1. The van der Waals surface area contributed by atoms with Crippen LogP contribution in [0.1, 0.15) is 10.5 Å². The van der Waals surface area contributed by atoms with Gasteiger partial charge in [0.25, 0.3) is 0 Å². The Morgan fingerprint density at radius 3 is 2.37 bits per heavy atom. The highest BCUT2D eigenvalue weighted by atomic mass is 32.2. The number of esters is 1. The van der Waals surface area contributed by atoms with Gasteiger partial charge in [0.2, 0.25) is 10.0 Å². The molecule has 0 atom stereocenters. The van der Waals surface area contributed by atoms with Crippen LogP contribution in [0.5, 0.6) is 0 Å². The fourth-order valence-electron chi connectivity index (χ4n) is 2.76. The fourth-order valence-corrected chi connectivity index (χ4v) is 4.18. The van der Waals surface area contributed by atoms with Gasteiger partial charge in [-0.25, -0.2) is 23.2 Å². The van der Waals surface area contributed by atoms with Gasteiger partial charge in [-0.05, 0) is 19.2 Å². The van der Waals surface area contributed by atoms with E-state index in [1.807, 2.05) is 7.05 Å². The lowest BCUT2D eigenvalue weighted by atomic mass is 10.1. The molecule has 1 aromatic heterocycles. The summed E-state index contributed by atoms with van der Waals surface area (Å²) in [7, 11) is -0.343. The van der Waals surface area contributed by atoms with E-state index >= 15 is 0 Å². The quantitative estimate of drug-likeness (QED) is 0.746. The Labute approximate surface area is 157 Å². The number of nitrogens with two attached hydrogens (primary N) is 1. The molecule has 0 aliphatic carbocycles. The lowest BCUT2D eigenvalue weighted by molar-refractivity contribution is 0.0595. The fraction of sp³-hybridized carbons (Fsp3) is 0.353. The van der Waals surface area contributed by atoms with E-state index in [2.05, 4.69) is 19.6 Å². The highest BCUT2D eigenvalue weighted by Gasteiger charge is 2.27. The zero-order chi connectivity index (χ0) is 19.6. The van der Waals surface area contributed by atoms with Gasteiger partial charge in [0.1, 0.15) is 0 Å². The normalized spacial score (nSPS) is 16.2. The predicted molar refractivity (Wildman–Crippen MR) is 99.5 cm³/mol. The molecule has 1 aliphatic heterocycles. The molecule has 0 spiro atoms. The summed E-state index contributed by atoms with van der Waals surface area (Å²) >= 11 is 0. The number of methoxy groups -OCH3 is 1. The third-order valence-electron chi connectivity index (χ3n) is 4.43. The van der Waals surface area contributed by atoms with Crippen molar-refractivity contribution < 1.29 is 17.9 Å². The molecule has 27 heavy (non-hydrogen) atoms. The van der Waals surface area contributed by atoms with Crippen LogP contribution in [0.2, 0.25) is 0 Å². The second-order valence-corrected chi connectivity index (χ2v) is 8.15. The van der Waals surface area contributed by atoms with Crippen LogP contribution in [0.4, 0.5) is 5.82 Å². The molecular weight excluding hydrogens is 370 g/mol. The summed E-state index contributed by atoms with van der Waals surface area (Å²) in [5.41, 5.74) is 6.59. The van der Waals surface area contributed by atoms with Crippen LogP contribution in [0, 0.1) is 0 Å². The number of piperazine rings is 1. The average molecular weight is 391 g/mol. The first kappa shape index (κ1) is 19.2.